The van der Waals surface area contributed by atoms with Crippen LogP contribution in [0.15, 0.2) is 54.6 Å². The molecule has 0 bridgehead atoms. The molecule has 4 rings (SSSR count). The minimum absolute atomic E-state index is 0.0288. The molecule has 1 aromatic heterocycles. The molecule has 0 saturated heterocycles. The molecule has 2 aromatic carbocycles. The van der Waals surface area contributed by atoms with E-state index >= 15 is 0 Å². The number of aromatic amines is 1. The van der Waals surface area contributed by atoms with E-state index in [1.807, 2.05) is 36.4 Å². The zero-order chi connectivity index (χ0) is 17.9. The monoisotopic (exact) mass is 349 g/mol. The van der Waals surface area contributed by atoms with Crippen molar-refractivity contribution in [2.75, 3.05) is 13.2 Å². The quantitative estimate of drug-likeness (QED) is 0.661. The number of benzene rings is 2. The van der Waals surface area contributed by atoms with Crippen molar-refractivity contribution in [1.29, 1.82) is 0 Å². The molecule has 0 spiro atoms. The van der Waals surface area contributed by atoms with Crippen LogP contribution in [0.4, 0.5) is 4.79 Å². The van der Waals surface area contributed by atoms with E-state index in [2.05, 4.69) is 28.5 Å². The smallest absolute Gasteiger partial charge is 0.318 e. The number of fused-ring (bicyclic) bond motifs is 2. The third kappa shape index (κ3) is 3.18. The van der Waals surface area contributed by atoms with Crippen LogP contribution in [0, 0.1) is 0 Å². The van der Waals surface area contributed by atoms with Crippen LogP contribution in [0.1, 0.15) is 29.3 Å². The largest absolute Gasteiger partial charge is 0.395 e. The van der Waals surface area contributed by atoms with E-state index in [4.69, 9.17) is 0 Å². The Morgan fingerprint density at radius 2 is 2.00 bits per heavy atom. The second kappa shape index (κ2) is 7.22. The molecule has 5 nitrogen and oxygen atoms in total. The molecule has 26 heavy (non-hydrogen) atoms. The number of aliphatic hydroxyl groups excluding tert-OH is 1. The van der Waals surface area contributed by atoms with Gasteiger partial charge < -0.3 is 20.3 Å². The fraction of sp³-hybridized carbons (Fsp3) is 0.286. The van der Waals surface area contributed by atoms with Gasteiger partial charge in [-0.2, -0.15) is 0 Å². The Labute approximate surface area is 152 Å². The van der Waals surface area contributed by atoms with Gasteiger partial charge in [-0.3, -0.25) is 0 Å². The van der Waals surface area contributed by atoms with Crippen LogP contribution in [0.25, 0.3) is 10.9 Å². The van der Waals surface area contributed by atoms with Gasteiger partial charge in [0, 0.05) is 17.8 Å². The van der Waals surface area contributed by atoms with Crippen LogP contribution >= 0.6 is 0 Å². The molecule has 3 N–H and O–H groups in total. The van der Waals surface area contributed by atoms with Gasteiger partial charge in [-0.25, -0.2) is 4.79 Å². The lowest BCUT2D eigenvalue weighted by atomic mass is 10.1. The second-order valence-electron chi connectivity index (χ2n) is 6.71. The van der Waals surface area contributed by atoms with E-state index in [0.717, 1.165) is 29.4 Å². The minimum atomic E-state index is -0.139. The Kier molecular flexibility index (Phi) is 4.63. The summed E-state index contributed by atoms with van der Waals surface area (Å²) in [5, 5.41) is 13.6. The Morgan fingerprint density at radius 1 is 1.19 bits per heavy atom. The molecule has 2 amide bonds. The molecular formula is C21H23N3O2. The number of amides is 2. The van der Waals surface area contributed by atoms with Gasteiger partial charge in [-0.1, -0.05) is 42.5 Å². The van der Waals surface area contributed by atoms with Gasteiger partial charge >= 0.3 is 6.03 Å². The summed E-state index contributed by atoms with van der Waals surface area (Å²) >= 11 is 0. The highest BCUT2D eigenvalue weighted by Crippen LogP contribution is 2.35. The molecule has 1 heterocycles. The number of H-pyrrole nitrogens is 1. The summed E-state index contributed by atoms with van der Waals surface area (Å²) in [5.74, 6) is 0. The van der Waals surface area contributed by atoms with Gasteiger partial charge in [0.25, 0.3) is 0 Å². The summed E-state index contributed by atoms with van der Waals surface area (Å²) in [6.45, 7) is 0.722. The lowest BCUT2D eigenvalue weighted by Gasteiger charge is -2.29. The van der Waals surface area contributed by atoms with Crippen molar-refractivity contribution >= 4 is 16.9 Å². The summed E-state index contributed by atoms with van der Waals surface area (Å²) in [4.78, 5) is 17.9. The number of carbonyl (C=O) groups is 1. The summed E-state index contributed by atoms with van der Waals surface area (Å²) in [7, 11) is 0. The van der Waals surface area contributed by atoms with E-state index in [9.17, 15) is 9.90 Å². The number of hydrogen-bond acceptors (Lipinski definition) is 2. The van der Waals surface area contributed by atoms with E-state index in [0.29, 0.717) is 13.1 Å². The molecule has 1 unspecified atom stereocenters. The molecule has 1 aliphatic carbocycles. The number of nitrogens with zero attached hydrogens (tertiary/aromatic N) is 1. The van der Waals surface area contributed by atoms with Crippen LogP contribution in [0.3, 0.4) is 0 Å². The van der Waals surface area contributed by atoms with E-state index < -0.39 is 0 Å². The van der Waals surface area contributed by atoms with Crippen molar-refractivity contribution in [1.82, 2.24) is 15.2 Å². The number of para-hydroxylation sites is 1. The third-order valence-electron chi connectivity index (χ3n) is 5.10. The average Bonchev–Trinajstić information content (AvgIpc) is 3.28. The number of hydrogen-bond donors (Lipinski definition) is 3. The SMILES string of the molecule is O=C(NCc1cc2ccccc2[nH]1)N(CCO)C1CCc2ccccc21. The number of aryl methyl sites for hydroxylation is 1. The number of aromatic nitrogens is 1. The van der Waals surface area contributed by atoms with Gasteiger partial charge in [0.2, 0.25) is 0 Å². The van der Waals surface area contributed by atoms with Crippen LogP contribution in [-0.2, 0) is 13.0 Å². The van der Waals surface area contributed by atoms with Gasteiger partial charge in [0.15, 0.2) is 0 Å². The first kappa shape index (κ1) is 16.7. The number of carbonyl (C=O) groups excluding carboxylic acids is 1. The minimum Gasteiger partial charge on any atom is -0.395 e. The Hall–Kier alpha value is -2.79. The fourth-order valence-electron chi connectivity index (χ4n) is 3.87. The number of aliphatic hydroxyl groups is 1. The van der Waals surface area contributed by atoms with E-state index in [-0.39, 0.29) is 18.7 Å². The molecule has 134 valence electrons. The molecule has 0 radical (unpaired) electrons. The third-order valence-corrected chi connectivity index (χ3v) is 5.10. The zero-order valence-electron chi connectivity index (χ0n) is 14.6. The first-order valence-electron chi connectivity index (χ1n) is 9.06. The molecule has 5 heteroatoms. The summed E-state index contributed by atoms with van der Waals surface area (Å²) in [5.41, 5.74) is 4.52. The predicted molar refractivity (Wildman–Crippen MR) is 102 cm³/mol. The number of rotatable bonds is 5. The second-order valence-corrected chi connectivity index (χ2v) is 6.71. The molecule has 0 fully saturated rings. The molecule has 3 aromatic rings. The normalized spacial score (nSPS) is 15.8. The summed E-state index contributed by atoms with van der Waals surface area (Å²) < 4.78 is 0. The van der Waals surface area contributed by atoms with Crippen molar-refractivity contribution in [3.05, 3.63) is 71.4 Å². The maximum atomic E-state index is 12.8. The zero-order valence-corrected chi connectivity index (χ0v) is 14.6. The lowest BCUT2D eigenvalue weighted by molar-refractivity contribution is 0.151. The van der Waals surface area contributed by atoms with Gasteiger partial charge in [-0.05, 0) is 41.5 Å². The van der Waals surface area contributed by atoms with E-state index in [1.165, 1.54) is 11.1 Å². The first-order chi connectivity index (χ1) is 12.8. The van der Waals surface area contributed by atoms with Crippen LogP contribution < -0.4 is 5.32 Å². The fourth-order valence-corrected chi connectivity index (χ4v) is 3.87. The topological polar surface area (TPSA) is 68.4 Å². The first-order valence-corrected chi connectivity index (χ1v) is 9.06. The Balaban J connectivity index is 1.47. The highest BCUT2D eigenvalue weighted by Gasteiger charge is 2.30. The number of urea groups is 1. The van der Waals surface area contributed by atoms with Crippen molar-refractivity contribution in [3.8, 4) is 0 Å². The van der Waals surface area contributed by atoms with Crippen LogP contribution in [0.2, 0.25) is 0 Å². The molecule has 0 saturated carbocycles. The molecule has 0 aliphatic heterocycles. The van der Waals surface area contributed by atoms with Gasteiger partial charge in [-0.15, -0.1) is 0 Å². The van der Waals surface area contributed by atoms with Gasteiger partial charge in [0.1, 0.15) is 0 Å². The van der Waals surface area contributed by atoms with E-state index in [1.54, 1.807) is 4.90 Å². The molecular weight excluding hydrogens is 326 g/mol. The summed E-state index contributed by atoms with van der Waals surface area (Å²) in [6, 6.07) is 18.2. The highest BCUT2D eigenvalue weighted by atomic mass is 16.3. The summed E-state index contributed by atoms with van der Waals surface area (Å²) in [6.07, 6.45) is 1.87. The average molecular weight is 349 g/mol. The van der Waals surface area contributed by atoms with Crippen molar-refractivity contribution in [3.63, 3.8) is 0 Å². The van der Waals surface area contributed by atoms with Gasteiger partial charge in [0.05, 0.1) is 19.2 Å². The van der Waals surface area contributed by atoms with Crippen molar-refractivity contribution < 1.29 is 9.90 Å². The predicted octanol–water partition coefficient (Wildman–Crippen LogP) is 3.36. The number of nitrogens with one attached hydrogen (secondary N) is 2. The highest BCUT2D eigenvalue weighted by molar-refractivity contribution is 5.80. The standard InChI is InChI=1S/C21H23N3O2/c25-12-11-24(20-10-9-15-5-1-3-7-18(15)20)21(26)22-14-17-13-16-6-2-4-8-19(16)23-17/h1-8,13,20,23,25H,9-12,14H2,(H,22,26). The van der Waals surface area contributed by atoms with Crippen LogP contribution in [0.5, 0.6) is 0 Å². The van der Waals surface area contributed by atoms with Crippen LogP contribution in [-0.4, -0.2) is 34.2 Å². The maximum Gasteiger partial charge on any atom is 0.318 e. The molecule has 1 atom stereocenters. The van der Waals surface area contributed by atoms with Crippen molar-refractivity contribution in [2.45, 2.75) is 25.4 Å². The Bertz CT molecular complexity index is 885. The molecule has 1 aliphatic rings. The maximum absolute atomic E-state index is 12.8. The Morgan fingerprint density at radius 3 is 2.85 bits per heavy atom. The lowest BCUT2D eigenvalue weighted by Crippen LogP contribution is -2.43. The van der Waals surface area contributed by atoms with Crippen molar-refractivity contribution in [2.24, 2.45) is 0 Å².